The Morgan fingerprint density at radius 1 is 1.10 bits per heavy atom. The molecule has 110 valence electrons. The SMILES string of the molecule is CCOc1ccc(NC(=S)Nc2cc(F)ccc2F)cc1. The van der Waals surface area contributed by atoms with E-state index in [2.05, 4.69) is 10.6 Å². The molecule has 0 atom stereocenters. The van der Waals surface area contributed by atoms with Gasteiger partial charge in [-0.3, -0.25) is 0 Å². The Morgan fingerprint density at radius 3 is 2.48 bits per heavy atom. The van der Waals surface area contributed by atoms with E-state index in [1.165, 1.54) is 0 Å². The minimum atomic E-state index is -0.577. The van der Waals surface area contributed by atoms with Gasteiger partial charge in [-0.05, 0) is 55.5 Å². The van der Waals surface area contributed by atoms with Crippen molar-refractivity contribution in [3.05, 3.63) is 54.1 Å². The first-order valence-corrected chi connectivity index (χ1v) is 6.75. The van der Waals surface area contributed by atoms with Gasteiger partial charge in [-0.25, -0.2) is 8.78 Å². The second-order valence-corrected chi connectivity index (χ2v) is 4.57. The molecule has 0 saturated heterocycles. The van der Waals surface area contributed by atoms with Crippen molar-refractivity contribution in [1.82, 2.24) is 0 Å². The maximum Gasteiger partial charge on any atom is 0.175 e. The molecule has 0 aliphatic heterocycles. The van der Waals surface area contributed by atoms with Crippen LogP contribution in [0.15, 0.2) is 42.5 Å². The first-order chi connectivity index (χ1) is 10.1. The van der Waals surface area contributed by atoms with Gasteiger partial charge in [0.2, 0.25) is 0 Å². The van der Waals surface area contributed by atoms with Gasteiger partial charge in [-0.15, -0.1) is 0 Å². The summed E-state index contributed by atoms with van der Waals surface area (Å²) in [6.45, 7) is 2.49. The highest BCUT2D eigenvalue weighted by molar-refractivity contribution is 7.80. The van der Waals surface area contributed by atoms with Crippen molar-refractivity contribution in [2.45, 2.75) is 6.92 Å². The normalized spacial score (nSPS) is 10.0. The Kier molecular flexibility index (Phi) is 5.05. The summed E-state index contributed by atoms with van der Waals surface area (Å²) in [5.74, 6) is -0.367. The third-order valence-electron chi connectivity index (χ3n) is 2.60. The largest absolute Gasteiger partial charge is 0.494 e. The lowest BCUT2D eigenvalue weighted by Crippen LogP contribution is -2.19. The molecular weight excluding hydrogens is 294 g/mol. The van der Waals surface area contributed by atoms with Crippen molar-refractivity contribution in [1.29, 1.82) is 0 Å². The summed E-state index contributed by atoms with van der Waals surface area (Å²) in [6.07, 6.45) is 0. The maximum atomic E-state index is 13.5. The van der Waals surface area contributed by atoms with Gasteiger partial charge in [0.1, 0.15) is 17.4 Å². The zero-order valence-electron chi connectivity index (χ0n) is 11.3. The van der Waals surface area contributed by atoms with Crippen molar-refractivity contribution in [2.24, 2.45) is 0 Å². The molecule has 2 rings (SSSR count). The summed E-state index contributed by atoms with van der Waals surface area (Å²) in [5.41, 5.74) is 0.700. The lowest BCUT2D eigenvalue weighted by molar-refractivity contribution is 0.340. The van der Waals surface area contributed by atoms with Crippen LogP contribution in [0.25, 0.3) is 0 Å². The molecule has 0 aliphatic rings. The molecule has 0 aliphatic carbocycles. The summed E-state index contributed by atoms with van der Waals surface area (Å²) < 4.78 is 31.9. The van der Waals surface area contributed by atoms with Crippen LogP contribution in [-0.2, 0) is 0 Å². The number of halogens is 2. The van der Waals surface area contributed by atoms with Crippen LogP contribution in [0.4, 0.5) is 20.2 Å². The van der Waals surface area contributed by atoms with Gasteiger partial charge in [-0.2, -0.15) is 0 Å². The highest BCUT2D eigenvalue weighted by Gasteiger charge is 2.06. The van der Waals surface area contributed by atoms with Gasteiger partial charge in [0.15, 0.2) is 5.11 Å². The van der Waals surface area contributed by atoms with Crippen LogP contribution in [0.1, 0.15) is 6.92 Å². The fourth-order valence-electron chi connectivity index (χ4n) is 1.68. The number of rotatable bonds is 4. The van der Waals surface area contributed by atoms with Gasteiger partial charge in [0.05, 0.1) is 12.3 Å². The zero-order valence-corrected chi connectivity index (χ0v) is 12.1. The van der Waals surface area contributed by atoms with E-state index < -0.39 is 11.6 Å². The van der Waals surface area contributed by atoms with Crippen molar-refractivity contribution in [3.8, 4) is 5.75 Å². The Morgan fingerprint density at radius 2 is 1.81 bits per heavy atom. The van der Waals surface area contributed by atoms with Crippen LogP contribution in [0.5, 0.6) is 5.75 Å². The number of hydrogen-bond acceptors (Lipinski definition) is 2. The monoisotopic (exact) mass is 308 g/mol. The lowest BCUT2D eigenvalue weighted by Gasteiger charge is -2.12. The van der Waals surface area contributed by atoms with Gasteiger partial charge in [-0.1, -0.05) is 0 Å². The van der Waals surface area contributed by atoms with Crippen molar-refractivity contribution >= 4 is 28.7 Å². The molecule has 2 aromatic carbocycles. The number of thiocarbonyl (C=S) groups is 1. The average molecular weight is 308 g/mol. The Hall–Kier alpha value is -2.21. The van der Waals surface area contributed by atoms with Crippen LogP contribution in [-0.4, -0.2) is 11.7 Å². The second-order valence-electron chi connectivity index (χ2n) is 4.16. The fraction of sp³-hybridized carbons (Fsp3) is 0.133. The quantitative estimate of drug-likeness (QED) is 0.831. The second kappa shape index (κ2) is 6.99. The standard InChI is InChI=1S/C15H14F2N2OS/c1-2-20-12-6-4-11(5-7-12)18-15(21)19-14-9-10(16)3-8-13(14)17/h3-9H,2H2,1H3,(H2,18,19,21). The highest BCUT2D eigenvalue weighted by Crippen LogP contribution is 2.18. The molecule has 0 aromatic heterocycles. The number of benzene rings is 2. The van der Waals surface area contributed by atoms with Crippen LogP contribution in [0, 0.1) is 11.6 Å². The van der Waals surface area contributed by atoms with E-state index in [1.807, 2.05) is 6.92 Å². The number of hydrogen-bond donors (Lipinski definition) is 2. The Bertz CT molecular complexity index is 632. The zero-order chi connectivity index (χ0) is 15.2. The predicted octanol–water partition coefficient (Wildman–Crippen LogP) is 4.17. The minimum absolute atomic E-state index is 0.0153. The molecule has 0 heterocycles. The molecule has 6 heteroatoms. The van der Waals surface area contributed by atoms with Crippen LogP contribution in [0.3, 0.4) is 0 Å². The smallest absolute Gasteiger partial charge is 0.175 e. The summed E-state index contributed by atoms with van der Waals surface area (Å²) >= 11 is 5.06. The van der Waals surface area contributed by atoms with Gasteiger partial charge >= 0.3 is 0 Å². The molecule has 0 spiro atoms. The molecule has 2 aromatic rings. The van der Waals surface area contributed by atoms with Crippen LogP contribution >= 0.6 is 12.2 Å². The van der Waals surface area contributed by atoms with E-state index in [9.17, 15) is 8.78 Å². The molecule has 0 saturated carbocycles. The van der Waals surface area contributed by atoms with E-state index in [4.69, 9.17) is 17.0 Å². The van der Waals surface area contributed by atoms with E-state index >= 15 is 0 Å². The minimum Gasteiger partial charge on any atom is -0.494 e. The number of anilines is 2. The van der Waals surface area contributed by atoms with Gasteiger partial charge < -0.3 is 15.4 Å². The Balaban J connectivity index is 1.99. The molecule has 2 N–H and O–H groups in total. The predicted molar refractivity (Wildman–Crippen MR) is 83.8 cm³/mol. The maximum absolute atomic E-state index is 13.5. The number of ether oxygens (including phenoxy) is 1. The first kappa shape index (κ1) is 15.2. The molecular formula is C15H14F2N2OS. The molecule has 0 fully saturated rings. The fourth-order valence-corrected chi connectivity index (χ4v) is 1.91. The Labute approximate surface area is 126 Å². The third kappa shape index (κ3) is 4.39. The number of nitrogens with one attached hydrogen (secondary N) is 2. The topological polar surface area (TPSA) is 33.3 Å². The summed E-state index contributed by atoms with van der Waals surface area (Å²) in [4.78, 5) is 0. The first-order valence-electron chi connectivity index (χ1n) is 6.34. The molecule has 0 unspecified atom stereocenters. The lowest BCUT2D eigenvalue weighted by atomic mass is 10.3. The molecule has 0 radical (unpaired) electrons. The van der Waals surface area contributed by atoms with E-state index in [1.54, 1.807) is 24.3 Å². The van der Waals surface area contributed by atoms with Crippen molar-refractivity contribution in [3.63, 3.8) is 0 Å². The van der Waals surface area contributed by atoms with E-state index in [0.717, 1.165) is 23.9 Å². The summed E-state index contributed by atoms with van der Waals surface area (Å²) in [6, 6.07) is 10.3. The van der Waals surface area contributed by atoms with E-state index in [-0.39, 0.29) is 10.8 Å². The van der Waals surface area contributed by atoms with Crippen LogP contribution < -0.4 is 15.4 Å². The van der Waals surface area contributed by atoms with Gasteiger partial charge in [0, 0.05) is 11.8 Å². The molecule has 0 amide bonds. The highest BCUT2D eigenvalue weighted by atomic mass is 32.1. The van der Waals surface area contributed by atoms with Crippen LogP contribution in [0.2, 0.25) is 0 Å². The molecule has 0 bridgehead atoms. The molecule has 21 heavy (non-hydrogen) atoms. The van der Waals surface area contributed by atoms with Gasteiger partial charge in [0.25, 0.3) is 0 Å². The summed E-state index contributed by atoms with van der Waals surface area (Å²) in [5, 5.41) is 5.67. The molecule has 3 nitrogen and oxygen atoms in total. The third-order valence-corrected chi connectivity index (χ3v) is 2.80. The van der Waals surface area contributed by atoms with E-state index in [0.29, 0.717) is 12.3 Å². The van der Waals surface area contributed by atoms with Crippen molar-refractivity contribution < 1.29 is 13.5 Å². The van der Waals surface area contributed by atoms with Crippen molar-refractivity contribution in [2.75, 3.05) is 17.2 Å². The summed E-state index contributed by atoms with van der Waals surface area (Å²) in [7, 11) is 0. The average Bonchev–Trinajstić information content (AvgIpc) is 2.45.